The van der Waals surface area contributed by atoms with E-state index in [1.54, 1.807) is 0 Å². The lowest BCUT2D eigenvalue weighted by molar-refractivity contribution is -0.137. The van der Waals surface area contributed by atoms with E-state index in [9.17, 15) is 9.59 Å². The summed E-state index contributed by atoms with van der Waals surface area (Å²) in [5.41, 5.74) is 0.206. The SMILES string of the molecule is CC1(CNC(=O)NC(CC(=O)O)C2CC2)CCCCC1. The summed E-state index contributed by atoms with van der Waals surface area (Å²) in [5.74, 6) is -0.497. The molecule has 20 heavy (non-hydrogen) atoms. The Labute approximate surface area is 120 Å². The predicted molar refractivity (Wildman–Crippen MR) is 76.5 cm³/mol. The van der Waals surface area contributed by atoms with Crippen LogP contribution in [0.15, 0.2) is 0 Å². The number of hydrogen-bond acceptors (Lipinski definition) is 2. The average molecular weight is 282 g/mol. The van der Waals surface area contributed by atoms with E-state index < -0.39 is 5.97 Å². The summed E-state index contributed by atoms with van der Waals surface area (Å²) in [7, 11) is 0. The van der Waals surface area contributed by atoms with E-state index in [2.05, 4.69) is 17.6 Å². The molecule has 0 radical (unpaired) electrons. The summed E-state index contributed by atoms with van der Waals surface area (Å²) in [6.07, 6.45) is 8.17. The summed E-state index contributed by atoms with van der Waals surface area (Å²) in [5, 5.41) is 14.6. The van der Waals surface area contributed by atoms with Gasteiger partial charge >= 0.3 is 12.0 Å². The van der Waals surface area contributed by atoms with Crippen LogP contribution in [-0.4, -0.2) is 29.7 Å². The predicted octanol–water partition coefficient (Wildman–Crippen LogP) is 2.51. The van der Waals surface area contributed by atoms with Gasteiger partial charge < -0.3 is 15.7 Å². The molecule has 0 bridgehead atoms. The molecule has 5 heteroatoms. The molecule has 0 aromatic heterocycles. The van der Waals surface area contributed by atoms with Crippen molar-refractivity contribution in [1.29, 1.82) is 0 Å². The number of carboxylic acid groups (broad SMARTS) is 1. The Morgan fingerprint density at radius 1 is 1.25 bits per heavy atom. The first-order valence-electron chi connectivity index (χ1n) is 7.75. The van der Waals surface area contributed by atoms with Gasteiger partial charge in [0.2, 0.25) is 0 Å². The Morgan fingerprint density at radius 2 is 1.90 bits per heavy atom. The van der Waals surface area contributed by atoms with Crippen LogP contribution < -0.4 is 10.6 Å². The van der Waals surface area contributed by atoms with Gasteiger partial charge in [-0.05, 0) is 37.0 Å². The van der Waals surface area contributed by atoms with Gasteiger partial charge in [-0.2, -0.15) is 0 Å². The maximum Gasteiger partial charge on any atom is 0.315 e. The molecule has 0 spiro atoms. The molecule has 2 aliphatic rings. The quantitative estimate of drug-likeness (QED) is 0.700. The van der Waals surface area contributed by atoms with E-state index in [1.165, 1.54) is 19.3 Å². The van der Waals surface area contributed by atoms with E-state index in [1.807, 2.05) is 0 Å². The first kappa shape index (κ1) is 15.1. The van der Waals surface area contributed by atoms with E-state index >= 15 is 0 Å². The van der Waals surface area contributed by atoms with Crippen LogP contribution in [0.4, 0.5) is 4.79 Å². The van der Waals surface area contributed by atoms with Gasteiger partial charge in [-0.3, -0.25) is 4.79 Å². The zero-order chi connectivity index (χ0) is 14.6. The van der Waals surface area contributed by atoms with Crippen molar-refractivity contribution in [2.75, 3.05) is 6.54 Å². The molecule has 2 aliphatic carbocycles. The molecule has 0 aromatic carbocycles. The molecule has 1 atom stereocenters. The van der Waals surface area contributed by atoms with Crippen molar-refractivity contribution in [1.82, 2.24) is 10.6 Å². The minimum atomic E-state index is -0.846. The third-order valence-corrected chi connectivity index (χ3v) is 4.64. The molecule has 2 rings (SSSR count). The fourth-order valence-corrected chi connectivity index (χ4v) is 3.12. The number of hydrogen-bond donors (Lipinski definition) is 3. The number of aliphatic carboxylic acids is 1. The van der Waals surface area contributed by atoms with Crippen LogP contribution >= 0.6 is 0 Å². The van der Waals surface area contributed by atoms with Crippen molar-refractivity contribution in [3.8, 4) is 0 Å². The fraction of sp³-hybridized carbons (Fsp3) is 0.867. The van der Waals surface area contributed by atoms with Crippen LogP contribution in [0.5, 0.6) is 0 Å². The maximum atomic E-state index is 11.9. The Bertz CT molecular complexity index is 360. The zero-order valence-electron chi connectivity index (χ0n) is 12.3. The van der Waals surface area contributed by atoms with Gasteiger partial charge in [-0.15, -0.1) is 0 Å². The van der Waals surface area contributed by atoms with Gasteiger partial charge in [0.05, 0.1) is 6.42 Å². The van der Waals surface area contributed by atoms with Gasteiger partial charge in [0.25, 0.3) is 0 Å². The zero-order valence-corrected chi connectivity index (χ0v) is 12.3. The minimum Gasteiger partial charge on any atom is -0.481 e. The molecule has 0 heterocycles. The van der Waals surface area contributed by atoms with Gasteiger partial charge in [0, 0.05) is 12.6 Å². The van der Waals surface area contributed by atoms with Crippen molar-refractivity contribution >= 4 is 12.0 Å². The standard InChI is InChI=1S/C15H26N2O3/c1-15(7-3-2-4-8-15)10-16-14(20)17-12(9-13(18)19)11-5-6-11/h11-12H,2-10H2,1H3,(H,18,19)(H2,16,17,20). The second-order valence-electron chi connectivity index (χ2n) is 6.74. The highest BCUT2D eigenvalue weighted by Gasteiger charge is 2.34. The van der Waals surface area contributed by atoms with Crippen LogP contribution in [0.3, 0.4) is 0 Å². The van der Waals surface area contributed by atoms with Gasteiger partial charge in [-0.1, -0.05) is 26.2 Å². The number of nitrogens with one attached hydrogen (secondary N) is 2. The Kier molecular flexibility index (Phi) is 4.89. The van der Waals surface area contributed by atoms with Crippen LogP contribution in [0.2, 0.25) is 0 Å². The summed E-state index contributed by atoms with van der Waals surface area (Å²) in [4.78, 5) is 22.7. The number of carbonyl (C=O) groups is 2. The molecular formula is C15H26N2O3. The smallest absolute Gasteiger partial charge is 0.315 e. The molecule has 114 valence electrons. The van der Waals surface area contributed by atoms with Crippen molar-refractivity contribution in [2.45, 2.75) is 64.3 Å². The van der Waals surface area contributed by atoms with E-state index in [4.69, 9.17) is 5.11 Å². The summed E-state index contributed by atoms with van der Waals surface area (Å²) in [6.45, 7) is 2.91. The Morgan fingerprint density at radius 3 is 2.45 bits per heavy atom. The van der Waals surface area contributed by atoms with Crippen LogP contribution in [0, 0.1) is 11.3 Å². The number of amides is 2. The monoisotopic (exact) mass is 282 g/mol. The highest BCUT2D eigenvalue weighted by molar-refractivity contribution is 5.75. The highest BCUT2D eigenvalue weighted by atomic mass is 16.4. The van der Waals surface area contributed by atoms with E-state index in [-0.39, 0.29) is 23.9 Å². The fourth-order valence-electron chi connectivity index (χ4n) is 3.12. The molecule has 2 saturated carbocycles. The third kappa shape index (κ3) is 4.69. The number of carboxylic acids is 1. The van der Waals surface area contributed by atoms with Crippen LogP contribution in [-0.2, 0) is 4.79 Å². The number of rotatable bonds is 6. The lowest BCUT2D eigenvalue weighted by Gasteiger charge is -2.33. The molecule has 0 aliphatic heterocycles. The van der Waals surface area contributed by atoms with Crippen molar-refractivity contribution in [3.05, 3.63) is 0 Å². The largest absolute Gasteiger partial charge is 0.481 e. The third-order valence-electron chi connectivity index (χ3n) is 4.64. The van der Waals surface area contributed by atoms with Crippen LogP contribution in [0.25, 0.3) is 0 Å². The second kappa shape index (κ2) is 6.46. The normalized spacial score (nSPS) is 22.9. The van der Waals surface area contributed by atoms with Crippen LogP contribution in [0.1, 0.15) is 58.3 Å². The average Bonchev–Trinajstić information content (AvgIpc) is 3.20. The topological polar surface area (TPSA) is 78.4 Å². The van der Waals surface area contributed by atoms with Gasteiger partial charge in [-0.25, -0.2) is 4.79 Å². The van der Waals surface area contributed by atoms with E-state index in [0.29, 0.717) is 12.5 Å². The Hall–Kier alpha value is -1.26. The number of carbonyl (C=O) groups excluding carboxylic acids is 1. The lowest BCUT2D eigenvalue weighted by atomic mass is 9.76. The second-order valence-corrected chi connectivity index (χ2v) is 6.74. The Balaban J connectivity index is 1.74. The summed E-state index contributed by atoms with van der Waals surface area (Å²) >= 11 is 0. The maximum absolute atomic E-state index is 11.9. The molecule has 5 nitrogen and oxygen atoms in total. The molecule has 0 saturated heterocycles. The molecule has 2 amide bonds. The van der Waals surface area contributed by atoms with Crippen molar-refractivity contribution in [2.24, 2.45) is 11.3 Å². The first-order chi connectivity index (χ1) is 9.48. The lowest BCUT2D eigenvalue weighted by Crippen LogP contribution is -2.47. The van der Waals surface area contributed by atoms with Gasteiger partial charge in [0.15, 0.2) is 0 Å². The van der Waals surface area contributed by atoms with Crippen molar-refractivity contribution < 1.29 is 14.7 Å². The first-order valence-corrected chi connectivity index (χ1v) is 7.75. The molecule has 2 fully saturated rings. The highest BCUT2D eigenvalue weighted by Crippen LogP contribution is 2.35. The molecule has 3 N–H and O–H groups in total. The molecule has 0 aromatic rings. The summed E-state index contributed by atoms with van der Waals surface area (Å²) < 4.78 is 0. The molecular weight excluding hydrogens is 256 g/mol. The van der Waals surface area contributed by atoms with Crippen molar-refractivity contribution in [3.63, 3.8) is 0 Å². The summed E-state index contributed by atoms with van der Waals surface area (Å²) in [6, 6.07) is -0.429. The number of urea groups is 1. The minimum absolute atomic E-state index is 0.0232. The van der Waals surface area contributed by atoms with E-state index in [0.717, 1.165) is 25.7 Å². The van der Waals surface area contributed by atoms with Gasteiger partial charge in [0.1, 0.15) is 0 Å². The molecule has 1 unspecified atom stereocenters.